The largest absolute Gasteiger partial charge is 0.497 e. The molecule has 0 bridgehead atoms. The SMILES string of the molecule is COc1ccc2c(c1)N[C@@]1(C2=O)[C@H](C=C(C)C)N2C(=O)[C@@H]3CCCN3C(=O)[C@]2(O)[C@H]1O. The first-order valence-electron chi connectivity index (χ1n) is 10.4. The van der Waals surface area contributed by atoms with Crippen LogP contribution in [-0.2, 0) is 9.59 Å². The summed E-state index contributed by atoms with van der Waals surface area (Å²) in [5.74, 6) is -1.18. The molecule has 0 aromatic heterocycles. The molecule has 1 spiro atoms. The summed E-state index contributed by atoms with van der Waals surface area (Å²) < 4.78 is 5.24. The lowest BCUT2D eigenvalue weighted by atomic mass is 9.81. The molecule has 5 rings (SSSR count). The van der Waals surface area contributed by atoms with E-state index in [1.165, 1.54) is 12.0 Å². The predicted octanol–water partition coefficient (Wildman–Crippen LogP) is 0.273. The number of piperazine rings is 1. The fraction of sp³-hybridized carbons (Fsp3) is 0.500. The van der Waals surface area contributed by atoms with Gasteiger partial charge in [-0.1, -0.05) is 11.6 Å². The Hall–Kier alpha value is -2.91. The minimum absolute atomic E-state index is 0.302. The number of carbonyl (C=O) groups excluding carboxylic acids is 3. The molecule has 4 aliphatic rings. The maximum absolute atomic E-state index is 13.7. The molecule has 2 amide bonds. The second-order valence-corrected chi connectivity index (χ2v) is 8.92. The molecule has 0 radical (unpaired) electrons. The van der Waals surface area contributed by atoms with Gasteiger partial charge in [-0.25, -0.2) is 0 Å². The van der Waals surface area contributed by atoms with Gasteiger partial charge >= 0.3 is 0 Å². The number of ether oxygens (including phenoxy) is 1. The van der Waals surface area contributed by atoms with Gasteiger partial charge in [-0.05, 0) is 38.8 Å². The number of nitrogens with one attached hydrogen (secondary N) is 1. The second kappa shape index (κ2) is 6.30. The van der Waals surface area contributed by atoms with Gasteiger partial charge in [0.15, 0.2) is 11.3 Å². The van der Waals surface area contributed by atoms with E-state index in [4.69, 9.17) is 4.74 Å². The molecule has 9 nitrogen and oxygen atoms in total. The van der Waals surface area contributed by atoms with Crippen LogP contribution in [0.5, 0.6) is 5.75 Å². The Labute approximate surface area is 179 Å². The Morgan fingerprint density at radius 1 is 1.29 bits per heavy atom. The van der Waals surface area contributed by atoms with Gasteiger partial charge in [0.25, 0.3) is 11.6 Å². The molecule has 5 atom stereocenters. The highest BCUT2D eigenvalue weighted by molar-refractivity contribution is 6.17. The molecule has 164 valence electrons. The number of Topliss-reactive ketones (excluding diaryl/α,β-unsaturated/α-hetero) is 1. The average Bonchev–Trinajstić information content (AvgIpc) is 3.38. The molecule has 4 aliphatic heterocycles. The van der Waals surface area contributed by atoms with Crippen LogP contribution >= 0.6 is 0 Å². The minimum Gasteiger partial charge on any atom is -0.497 e. The monoisotopic (exact) mass is 427 g/mol. The fourth-order valence-corrected chi connectivity index (χ4v) is 5.57. The van der Waals surface area contributed by atoms with E-state index < -0.39 is 47.0 Å². The Morgan fingerprint density at radius 2 is 2.03 bits per heavy atom. The molecular weight excluding hydrogens is 402 g/mol. The van der Waals surface area contributed by atoms with E-state index in [0.717, 1.165) is 10.5 Å². The highest BCUT2D eigenvalue weighted by Gasteiger charge is 2.77. The van der Waals surface area contributed by atoms with Gasteiger partial charge in [-0.15, -0.1) is 0 Å². The average molecular weight is 427 g/mol. The zero-order valence-corrected chi connectivity index (χ0v) is 17.6. The second-order valence-electron chi connectivity index (χ2n) is 8.92. The van der Waals surface area contributed by atoms with E-state index in [2.05, 4.69) is 5.32 Å². The van der Waals surface area contributed by atoms with Crippen molar-refractivity contribution >= 4 is 23.3 Å². The van der Waals surface area contributed by atoms with E-state index in [1.807, 2.05) is 0 Å². The molecule has 0 saturated carbocycles. The first-order chi connectivity index (χ1) is 14.7. The lowest BCUT2D eigenvalue weighted by Crippen LogP contribution is -2.72. The van der Waals surface area contributed by atoms with Crippen molar-refractivity contribution < 1.29 is 29.3 Å². The highest BCUT2D eigenvalue weighted by atomic mass is 16.5. The summed E-state index contributed by atoms with van der Waals surface area (Å²) in [5.41, 5.74) is -2.84. The van der Waals surface area contributed by atoms with Crippen LogP contribution in [-0.4, -0.2) is 80.7 Å². The third-order valence-electron chi connectivity index (χ3n) is 6.96. The van der Waals surface area contributed by atoms with Gasteiger partial charge in [-0.3, -0.25) is 19.3 Å². The molecule has 9 heteroatoms. The van der Waals surface area contributed by atoms with E-state index in [9.17, 15) is 24.6 Å². The summed E-state index contributed by atoms with van der Waals surface area (Å²) >= 11 is 0. The van der Waals surface area contributed by atoms with E-state index in [1.54, 1.807) is 38.1 Å². The number of methoxy groups -OCH3 is 1. The molecule has 1 aromatic rings. The number of ketones is 1. The predicted molar refractivity (Wildman–Crippen MR) is 109 cm³/mol. The number of hydrogen-bond acceptors (Lipinski definition) is 7. The lowest BCUT2D eigenvalue weighted by Gasteiger charge is -2.45. The van der Waals surface area contributed by atoms with Crippen molar-refractivity contribution in [1.82, 2.24) is 9.80 Å². The first kappa shape index (κ1) is 20.0. The van der Waals surface area contributed by atoms with Crippen LogP contribution in [0.15, 0.2) is 29.8 Å². The van der Waals surface area contributed by atoms with Crippen LogP contribution in [0.2, 0.25) is 0 Å². The maximum Gasteiger partial charge on any atom is 0.279 e. The Morgan fingerprint density at radius 3 is 2.71 bits per heavy atom. The molecule has 4 heterocycles. The number of anilines is 1. The van der Waals surface area contributed by atoms with Crippen LogP contribution in [0.1, 0.15) is 37.0 Å². The van der Waals surface area contributed by atoms with Crippen molar-refractivity contribution in [2.45, 2.75) is 56.1 Å². The summed E-state index contributed by atoms with van der Waals surface area (Å²) in [6.07, 6.45) is 0.915. The minimum atomic E-state index is -2.54. The van der Waals surface area contributed by atoms with E-state index in [0.29, 0.717) is 36.4 Å². The zero-order valence-electron chi connectivity index (χ0n) is 17.6. The van der Waals surface area contributed by atoms with E-state index >= 15 is 0 Å². The number of amides is 2. The van der Waals surface area contributed by atoms with Crippen LogP contribution in [0.25, 0.3) is 0 Å². The van der Waals surface area contributed by atoms with Crippen molar-refractivity contribution in [2.75, 3.05) is 19.0 Å². The van der Waals surface area contributed by atoms with Gasteiger partial charge in [0, 0.05) is 23.9 Å². The number of allylic oxidation sites excluding steroid dienone is 1. The van der Waals surface area contributed by atoms with Crippen LogP contribution in [0.4, 0.5) is 5.69 Å². The topological polar surface area (TPSA) is 119 Å². The van der Waals surface area contributed by atoms with Gasteiger partial charge in [0.1, 0.15) is 17.9 Å². The molecule has 3 saturated heterocycles. The molecule has 0 aliphatic carbocycles. The lowest BCUT2D eigenvalue weighted by molar-refractivity contribution is -0.206. The molecule has 0 unspecified atom stereocenters. The molecule has 3 fully saturated rings. The zero-order chi connectivity index (χ0) is 22.3. The van der Waals surface area contributed by atoms with Crippen LogP contribution in [0.3, 0.4) is 0 Å². The Bertz CT molecular complexity index is 1050. The Kier molecular flexibility index (Phi) is 4.07. The summed E-state index contributed by atoms with van der Waals surface area (Å²) in [7, 11) is 1.50. The number of hydrogen-bond donors (Lipinski definition) is 3. The maximum atomic E-state index is 13.7. The molecule has 31 heavy (non-hydrogen) atoms. The number of aliphatic hydroxyl groups is 2. The number of benzene rings is 1. The van der Waals surface area contributed by atoms with Crippen molar-refractivity contribution in [2.24, 2.45) is 0 Å². The highest BCUT2D eigenvalue weighted by Crippen LogP contribution is 2.52. The smallest absolute Gasteiger partial charge is 0.279 e. The molecular formula is C22H25N3O6. The van der Waals surface area contributed by atoms with Gasteiger partial charge in [0.2, 0.25) is 5.91 Å². The molecule has 3 N–H and O–H groups in total. The van der Waals surface area contributed by atoms with Crippen molar-refractivity contribution in [3.05, 3.63) is 35.4 Å². The quantitative estimate of drug-likeness (QED) is 0.580. The number of carbonyl (C=O) groups is 3. The first-order valence-corrected chi connectivity index (χ1v) is 10.4. The summed E-state index contributed by atoms with van der Waals surface area (Å²) in [6, 6.07) is 3.08. The summed E-state index contributed by atoms with van der Waals surface area (Å²) in [6.45, 7) is 3.92. The third kappa shape index (κ3) is 2.25. The molecule has 1 aromatic carbocycles. The summed E-state index contributed by atoms with van der Waals surface area (Å²) in [4.78, 5) is 42.9. The van der Waals surface area contributed by atoms with E-state index in [-0.39, 0.29) is 0 Å². The van der Waals surface area contributed by atoms with Gasteiger partial charge < -0.3 is 25.2 Å². The standard InChI is InChI=1S/C22H25N3O6/c1-11(2)9-16-21(17(26)13-7-6-12(31-3)10-14(13)23-21)19(28)22(30)20(29)24-8-4-5-15(24)18(27)25(16)22/h6-7,9-10,15-16,19,23,28,30H,4-5,8H2,1-3H3/t15-,16-,19-,21+,22+/m0/s1. The van der Waals surface area contributed by atoms with Crippen molar-refractivity contribution in [1.29, 1.82) is 0 Å². The Balaban J connectivity index is 1.72. The van der Waals surface area contributed by atoms with Crippen molar-refractivity contribution in [3.8, 4) is 5.75 Å². The number of fused-ring (bicyclic) bond motifs is 3. The number of rotatable bonds is 2. The van der Waals surface area contributed by atoms with Crippen LogP contribution < -0.4 is 10.1 Å². The van der Waals surface area contributed by atoms with Gasteiger partial charge in [0.05, 0.1) is 13.2 Å². The van der Waals surface area contributed by atoms with Gasteiger partial charge in [-0.2, -0.15) is 0 Å². The normalized spacial score (nSPS) is 35.8. The number of aliphatic hydroxyl groups excluding tert-OH is 1. The number of nitrogens with zero attached hydrogens (tertiary/aromatic N) is 2. The fourth-order valence-electron chi connectivity index (χ4n) is 5.57. The van der Waals surface area contributed by atoms with Crippen LogP contribution in [0, 0.1) is 0 Å². The third-order valence-corrected chi connectivity index (χ3v) is 6.96. The van der Waals surface area contributed by atoms with Crippen molar-refractivity contribution in [3.63, 3.8) is 0 Å². The summed E-state index contributed by atoms with van der Waals surface area (Å²) in [5, 5.41) is 26.1.